The number of hydrogen-bond donors (Lipinski definition) is 4. The lowest BCUT2D eigenvalue weighted by molar-refractivity contribution is -0.870. The van der Waals surface area contributed by atoms with Gasteiger partial charge in [-0.3, -0.25) is 13.8 Å². The Labute approximate surface area is 460 Å². The Morgan fingerprint density at radius 1 is 0.480 bits per heavy atom. The van der Waals surface area contributed by atoms with Gasteiger partial charge in [0, 0.05) is 6.42 Å². The van der Waals surface area contributed by atoms with E-state index in [1.807, 2.05) is 21.1 Å². The molecule has 0 aromatic heterocycles. The molecule has 0 spiro atoms. The van der Waals surface area contributed by atoms with Gasteiger partial charge >= 0.3 is 7.82 Å². The van der Waals surface area contributed by atoms with Gasteiger partial charge in [-0.15, -0.1) is 0 Å². The van der Waals surface area contributed by atoms with Crippen LogP contribution in [0.4, 0.5) is 0 Å². The molecule has 1 amide bonds. The third-order valence-corrected chi connectivity index (χ3v) is 13.1. The number of allylic oxidation sites excluding steroid dienone is 24. The molecule has 0 aliphatic heterocycles. The van der Waals surface area contributed by atoms with Crippen LogP contribution in [0.25, 0.3) is 0 Å². The molecule has 0 rings (SSSR count). The molecule has 4 N–H and O–H groups in total. The van der Waals surface area contributed by atoms with Crippen molar-refractivity contribution in [2.24, 2.45) is 0 Å². The summed E-state index contributed by atoms with van der Waals surface area (Å²) in [7, 11) is 1.38. The van der Waals surface area contributed by atoms with Crippen LogP contribution in [0.3, 0.4) is 0 Å². The van der Waals surface area contributed by atoms with Crippen molar-refractivity contribution in [3.05, 3.63) is 146 Å². The number of nitrogens with one attached hydrogen (secondary N) is 1. The molecule has 10 heteroatoms. The lowest BCUT2D eigenvalue weighted by Gasteiger charge is -2.28. The molecule has 4 atom stereocenters. The van der Waals surface area contributed by atoms with Crippen LogP contribution in [0.15, 0.2) is 146 Å². The van der Waals surface area contributed by atoms with Crippen molar-refractivity contribution in [1.29, 1.82) is 0 Å². The van der Waals surface area contributed by atoms with Gasteiger partial charge in [-0.25, -0.2) is 4.57 Å². The molecular formula is C65H110N2O7P+. The van der Waals surface area contributed by atoms with E-state index in [1.165, 1.54) is 44.9 Å². The van der Waals surface area contributed by atoms with Gasteiger partial charge < -0.3 is 24.9 Å². The van der Waals surface area contributed by atoms with Crippen molar-refractivity contribution in [2.45, 2.75) is 218 Å². The van der Waals surface area contributed by atoms with Gasteiger partial charge in [-0.2, -0.15) is 0 Å². The van der Waals surface area contributed by atoms with Crippen LogP contribution in [0.5, 0.6) is 0 Å². The fourth-order valence-corrected chi connectivity index (χ4v) is 8.27. The zero-order chi connectivity index (χ0) is 55.0. The summed E-state index contributed by atoms with van der Waals surface area (Å²) in [5.74, 6) is -0.288. The second-order valence-electron chi connectivity index (χ2n) is 20.4. The smallest absolute Gasteiger partial charge is 0.390 e. The van der Waals surface area contributed by atoms with E-state index in [0.717, 1.165) is 116 Å². The maximum Gasteiger partial charge on any atom is 0.472 e. The molecule has 0 aliphatic carbocycles. The van der Waals surface area contributed by atoms with E-state index in [4.69, 9.17) is 9.05 Å². The van der Waals surface area contributed by atoms with Crippen molar-refractivity contribution < 1.29 is 38.0 Å². The van der Waals surface area contributed by atoms with Crippen LogP contribution < -0.4 is 5.32 Å². The number of quaternary nitrogens is 1. The Balaban J connectivity index is 4.21. The second-order valence-corrected chi connectivity index (χ2v) is 21.9. The number of hydrogen-bond acceptors (Lipinski definition) is 6. The molecule has 9 nitrogen and oxygen atoms in total. The summed E-state index contributed by atoms with van der Waals surface area (Å²) in [5.41, 5.74) is 0. The predicted octanol–water partition coefficient (Wildman–Crippen LogP) is 17.1. The molecule has 0 saturated carbocycles. The number of aliphatic hydroxyl groups is 2. The molecule has 0 saturated heterocycles. The van der Waals surface area contributed by atoms with Crippen molar-refractivity contribution in [3.8, 4) is 0 Å². The van der Waals surface area contributed by atoms with Gasteiger partial charge in [0.1, 0.15) is 19.3 Å². The number of aliphatic hydroxyl groups excluding tert-OH is 2. The SMILES string of the molecule is CC/C=C\C/C=C\C/C=C\C/C=C\C/C=C\C/C=C\C/C=C\C/C=C\C/C=C\C/C=C\CCCCCCCCCCC(=O)NC(COP(=O)(O)OCC[N+](C)(C)C)C(O)C(O)CCC/C=C/CC/C=C/CCCCC. The van der Waals surface area contributed by atoms with E-state index in [9.17, 15) is 24.5 Å². The van der Waals surface area contributed by atoms with Crippen LogP contribution in [0, 0.1) is 0 Å². The van der Waals surface area contributed by atoms with Gasteiger partial charge in [0.2, 0.25) is 5.91 Å². The quantitative estimate of drug-likeness (QED) is 0.0207. The first-order chi connectivity index (χ1) is 36.4. The highest BCUT2D eigenvalue weighted by molar-refractivity contribution is 7.47. The Morgan fingerprint density at radius 2 is 0.840 bits per heavy atom. The Bertz CT molecular complexity index is 1740. The number of carbonyl (C=O) groups is 1. The fraction of sp³-hybridized carbons (Fsp3) is 0.615. The summed E-state index contributed by atoms with van der Waals surface area (Å²) in [6.07, 6.45) is 79.5. The zero-order valence-electron chi connectivity index (χ0n) is 48.1. The first kappa shape index (κ1) is 71.3. The van der Waals surface area contributed by atoms with Crippen molar-refractivity contribution in [3.63, 3.8) is 0 Å². The average molecular weight is 1060 g/mol. The Morgan fingerprint density at radius 3 is 1.27 bits per heavy atom. The van der Waals surface area contributed by atoms with E-state index >= 15 is 0 Å². The number of amides is 1. The number of likely N-dealkylation sites (N-methyl/N-ethyl adjacent to an activating group) is 1. The summed E-state index contributed by atoms with van der Waals surface area (Å²) in [5, 5.41) is 24.7. The number of phosphoric acid groups is 1. The number of unbranched alkanes of at least 4 members (excludes halogenated alkanes) is 13. The third-order valence-electron chi connectivity index (χ3n) is 12.1. The minimum atomic E-state index is -4.44. The van der Waals surface area contributed by atoms with E-state index in [-0.39, 0.29) is 18.9 Å². The van der Waals surface area contributed by atoms with Gasteiger partial charge in [-0.1, -0.05) is 211 Å². The van der Waals surface area contributed by atoms with Gasteiger partial charge in [-0.05, 0) is 128 Å². The lowest BCUT2D eigenvalue weighted by Crippen LogP contribution is -2.51. The highest BCUT2D eigenvalue weighted by Gasteiger charge is 2.31. The number of carbonyl (C=O) groups excluding carboxylic acids is 1. The number of nitrogens with zero attached hydrogens (tertiary/aromatic N) is 1. The second kappa shape index (κ2) is 53.7. The summed E-state index contributed by atoms with van der Waals surface area (Å²) in [6.45, 7) is 4.40. The topological polar surface area (TPSA) is 125 Å². The largest absolute Gasteiger partial charge is 0.472 e. The molecule has 0 radical (unpaired) electrons. The van der Waals surface area contributed by atoms with Gasteiger partial charge in [0.05, 0.1) is 39.9 Å². The van der Waals surface area contributed by atoms with Crippen LogP contribution in [-0.4, -0.2) is 84.6 Å². The van der Waals surface area contributed by atoms with Crippen molar-refractivity contribution in [2.75, 3.05) is 40.9 Å². The van der Waals surface area contributed by atoms with Crippen molar-refractivity contribution >= 4 is 13.7 Å². The highest BCUT2D eigenvalue weighted by atomic mass is 31.2. The fourth-order valence-electron chi connectivity index (χ4n) is 7.54. The molecular weight excluding hydrogens is 952 g/mol. The summed E-state index contributed by atoms with van der Waals surface area (Å²) in [4.78, 5) is 23.3. The molecule has 0 aromatic rings. The maximum absolute atomic E-state index is 13.0. The summed E-state index contributed by atoms with van der Waals surface area (Å²) < 4.78 is 23.6. The van der Waals surface area contributed by atoms with Crippen LogP contribution in [0.1, 0.15) is 200 Å². The highest BCUT2D eigenvalue weighted by Crippen LogP contribution is 2.43. The van der Waals surface area contributed by atoms with E-state index in [0.29, 0.717) is 30.3 Å². The van der Waals surface area contributed by atoms with E-state index in [2.05, 4.69) is 165 Å². The zero-order valence-corrected chi connectivity index (χ0v) is 49.0. The van der Waals surface area contributed by atoms with E-state index < -0.39 is 32.7 Å². The summed E-state index contributed by atoms with van der Waals surface area (Å²) >= 11 is 0. The van der Waals surface area contributed by atoms with E-state index in [1.54, 1.807) is 0 Å². The first-order valence-corrected chi connectivity index (χ1v) is 30.8. The Hall–Kier alpha value is -3.66. The van der Waals surface area contributed by atoms with Crippen LogP contribution in [-0.2, 0) is 18.4 Å². The monoisotopic (exact) mass is 1060 g/mol. The molecule has 4 unspecified atom stereocenters. The molecule has 0 heterocycles. The molecule has 75 heavy (non-hydrogen) atoms. The van der Waals surface area contributed by atoms with Crippen molar-refractivity contribution in [1.82, 2.24) is 5.32 Å². The third kappa shape index (κ3) is 54.9. The predicted molar refractivity (Wildman–Crippen MR) is 323 cm³/mol. The number of phosphoric ester groups is 1. The normalized spacial score (nSPS) is 15.4. The minimum Gasteiger partial charge on any atom is -0.390 e. The van der Waals surface area contributed by atoms with Crippen LogP contribution in [0.2, 0.25) is 0 Å². The standard InChI is InChI=1S/C65H109N2O7P/c1-6-8-10-12-14-16-18-20-21-22-23-24-25-26-27-28-29-30-31-32-33-34-35-36-37-38-39-40-41-42-43-44-45-46-48-50-52-54-56-58-64(69)66-62(61-74-75(71,72)73-60-59-67(3,4)5)65(70)63(68)57-55-53-51-49-47-19-17-15-13-11-9-7-2/h8,10,14-17,20-21,23-24,26-27,29-30,32-33,35-36,38-39,41-42,49,51,62-63,65,68,70H,6-7,9,11-13,18-19,22,25,28,31,34,37,40,43-48,50,52-61H2,1-5H3,(H-,66,69,71,72)/p+1/b10-8-,16-14-,17-15+,21-20-,24-23-,27-26-,30-29-,33-32-,36-35-,39-38-,42-41-,51-49+. The summed E-state index contributed by atoms with van der Waals surface area (Å²) in [6, 6.07) is -1.07. The Kier molecular flexibility index (Phi) is 51.1. The van der Waals surface area contributed by atoms with Gasteiger partial charge in [0.15, 0.2) is 0 Å². The average Bonchev–Trinajstić information content (AvgIpc) is 3.37. The molecule has 0 bridgehead atoms. The first-order valence-electron chi connectivity index (χ1n) is 29.3. The van der Waals surface area contributed by atoms with Gasteiger partial charge in [0.25, 0.3) is 0 Å². The number of rotatable bonds is 51. The molecule has 0 aliphatic rings. The lowest BCUT2D eigenvalue weighted by atomic mass is 10.0. The minimum absolute atomic E-state index is 0.00436. The molecule has 0 aromatic carbocycles. The molecule has 426 valence electrons. The maximum atomic E-state index is 13.0. The molecule has 0 fully saturated rings. The van der Waals surface area contributed by atoms with Crippen LogP contribution >= 0.6 is 7.82 Å².